The molecule has 0 fully saturated rings. The van der Waals surface area contributed by atoms with Gasteiger partial charge in [-0.3, -0.25) is 0 Å². The third-order valence-electron chi connectivity index (χ3n) is 5.59. The summed E-state index contributed by atoms with van der Waals surface area (Å²) < 4.78 is 57.6. The number of halogens is 2. The minimum Gasteiger partial charge on any atom is -0.493 e. The Balaban J connectivity index is 1.75. The number of anilines is 2. The number of hydrogen-bond donors (Lipinski definition) is 1. The molecule has 1 unspecified atom stereocenters. The van der Waals surface area contributed by atoms with E-state index < -0.39 is 21.4 Å². The Morgan fingerprint density at radius 3 is 2.56 bits per heavy atom. The fourth-order valence-electron chi connectivity index (χ4n) is 4.01. The van der Waals surface area contributed by atoms with E-state index in [1.165, 1.54) is 24.3 Å². The van der Waals surface area contributed by atoms with Crippen molar-refractivity contribution in [1.82, 2.24) is 9.97 Å². The van der Waals surface area contributed by atoms with Crippen LogP contribution >= 0.6 is 0 Å². The number of nitrogens with one attached hydrogen (secondary N) is 1. The number of benzene rings is 1. The third kappa shape index (κ3) is 6.90. The van der Waals surface area contributed by atoms with Crippen molar-refractivity contribution in [3.8, 4) is 22.8 Å². The molecule has 4 bridgehead atoms. The number of pyridine rings is 2. The zero-order valence-corrected chi connectivity index (χ0v) is 21.2. The molecule has 1 aliphatic heterocycles. The highest BCUT2D eigenvalue weighted by Gasteiger charge is 2.16. The normalized spacial score (nSPS) is 15.8. The number of hydrogen-bond acceptors (Lipinski definition) is 7. The summed E-state index contributed by atoms with van der Waals surface area (Å²) in [6.07, 6.45) is 6.13. The lowest BCUT2D eigenvalue weighted by atomic mass is 10.0. The van der Waals surface area contributed by atoms with Crippen LogP contribution in [-0.4, -0.2) is 40.2 Å². The Kier molecular flexibility index (Phi) is 8.35. The molecule has 0 amide bonds. The smallest absolute Gasteiger partial charge is 0.215 e. The van der Waals surface area contributed by atoms with Crippen LogP contribution in [0.4, 0.5) is 20.4 Å². The second kappa shape index (κ2) is 11.6. The summed E-state index contributed by atoms with van der Waals surface area (Å²) in [5.41, 5.74) is 1.40. The van der Waals surface area contributed by atoms with E-state index in [-0.39, 0.29) is 17.1 Å². The summed E-state index contributed by atoms with van der Waals surface area (Å²) >= 11 is 0. The molecule has 1 aromatic carbocycles. The molecule has 0 saturated heterocycles. The van der Waals surface area contributed by atoms with Crippen LogP contribution in [0.15, 0.2) is 47.0 Å². The van der Waals surface area contributed by atoms with Crippen LogP contribution in [0.1, 0.15) is 38.2 Å². The largest absolute Gasteiger partial charge is 0.493 e. The molecular formula is C26H30F2N4O3S. The zero-order valence-electron chi connectivity index (χ0n) is 20.4. The molecule has 4 rings (SSSR count). The van der Waals surface area contributed by atoms with Gasteiger partial charge in [0.2, 0.25) is 5.88 Å². The van der Waals surface area contributed by atoms with E-state index in [1.54, 1.807) is 18.4 Å². The van der Waals surface area contributed by atoms with Gasteiger partial charge in [-0.25, -0.2) is 22.3 Å². The first-order chi connectivity index (χ1) is 17.3. The minimum atomic E-state index is -2.42. The molecule has 0 spiro atoms. The van der Waals surface area contributed by atoms with Crippen LogP contribution in [0.5, 0.6) is 11.6 Å². The highest BCUT2D eigenvalue weighted by Crippen LogP contribution is 2.34. The van der Waals surface area contributed by atoms with Gasteiger partial charge in [-0.2, -0.15) is 4.98 Å². The van der Waals surface area contributed by atoms with Crippen LogP contribution in [0, 0.1) is 11.6 Å². The summed E-state index contributed by atoms with van der Waals surface area (Å²) in [6.45, 7) is 3.18. The molecular weight excluding hydrogens is 486 g/mol. The van der Waals surface area contributed by atoms with Gasteiger partial charge in [0.1, 0.15) is 29.0 Å². The lowest BCUT2D eigenvalue weighted by Crippen LogP contribution is -2.06. The first kappa shape index (κ1) is 25.8. The molecule has 1 aliphatic rings. The Hall–Kier alpha value is -3.27. The molecule has 0 radical (unpaired) electrons. The number of fused-ring (bicyclic) bond motifs is 6. The van der Waals surface area contributed by atoms with E-state index in [1.807, 2.05) is 6.92 Å². The Morgan fingerprint density at radius 2 is 1.78 bits per heavy atom. The second-order valence-electron chi connectivity index (χ2n) is 8.67. The van der Waals surface area contributed by atoms with Gasteiger partial charge in [0, 0.05) is 45.8 Å². The van der Waals surface area contributed by atoms with Gasteiger partial charge >= 0.3 is 0 Å². The van der Waals surface area contributed by atoms with E-state index in [4.69, 9.17) is 9.47 Å². The van der Waals surface area contributed by atoms with Crippen LogP contribution in [0.2, 0.25) is 0 Å². The molecule has 3 heterocycles. The summed E-state index contributed by atoms with van der Waals surface area (Å²) in [6, 6.07) is 9.10. The summed E-state index contributed by atoms with van der Waals surface area (Å²) in [5, 5.41) is 3.10. The first-order valence-electron chi connectivity index (χ1n) is 12.0. The molecule has 192 valence electrons. The average molecular weight is 517 g/mol. The van der Waals surface area contributed by atoms with Gasteiger partial charge in [-0.15, -0.1) is 0 Å². The Bertz CT molecular complexity index is 1340. The quantitative estimate of drug-likeness (QED) is 0.452. The van der Waals surface area contributed by atoms with E-state index in [9.17, 15) is 13.0 Å². The lowest BCUT2D eigenvalue weighted by Gasteiger charge is -2.14. The van der Waals surface area contributed by atoms with Crippen molar-refractivity contribution in [2.24, 2.45) is 4.36 Å². The molecule has 0 saturated carbocycles. The Labute approximate surface area is 210 Å². The lowest BCUT2D eigenvalue weighted by molar-refractivity contribution is 0.281. The molecule has 0 aliphatic carbocycles. The predicted molar refractivity (Wildman–Crippen MR) is 137 cm³/mol. The van der Waals surface area contributed by atoms with Gasteiger partial charge in [-0.1, -0.05) is 0 Å². The summed E-state index contributed by atoms with van der Waals surface area (Å²) in [4.78, 5) is 8.67. The van der Waals surface area contributed by atoms with Crippen LogP contribution in [-0.2, 0) is 15.5 Å². The van der Waals surface area contributed by atoms with Crippen molar-refractivity contribution in [3.05, 3.63) is 59.8 Å². The number of aromatic nitrogens is 2. The van der Waals surface area contributed by atoms with Crippen molar-refractivity contribution in [2.75, 3.05) is 31.3 Å². The molecule has 2 aromatic heterocycles. The van der Waals surface area contributed by atoms with Gasteiger partial charge < -0.3 is 14.8 Å². The van der Waals surface area contributed by atoms with E-state index >= 15 is 0 Å². The van der Waals surface area contributed by atoms with Gasteiger partial charge in [0.25, 0.3) is 0 Å². The van der Waals surface area contributed by atoms with Crippen molar-refractivity contribution in [2.45, 2.75) is 38.4 Å². The first-order valence-corrected chi connectivity index (χ1v) is 14.1. The monoisotopic (exact) mass is 516 g/mol. The predicted octanol–water partition coefficient (Wildman–Crippen LogP) is 6.11. The van der Waals surface area contributed by atoms with Gasteiger partial charge in [0.05, 0.1) is 25.2 Å². The molecule has 1 atom stereocenters. The van der Waals surface area contributed by atoms with Crippen LogP contribution in [0.25, 0.3) is 11.1 Å². The Morgan fingerprint density at radius 1 is 1.00 bits per heavy atom. The average Bonchev–Trinajstić information content (AvgIpc) is 2.81. The number of nitrogens with zero attached hydrogens (tertiary/aromatic N) is 3. The molecule has 7 nitrogen and oxygen atoms in total. The number of ether oxygens (including phenoxy) is 2. The topological polar surface area (TPSA) is 85.7 Å². The molecule has 10 heteroatoms. The highest BCUT2D eigenvalue weighted by molar-refractivity contribution is 7.92. The maximum atomic E-state index is 14.8. The zero-order chi connectivity index (χ0) is 25.5. The number of rotatable bonds is 3. The SMILES string of the molecule is CCN=S(C)(=O)Cc1cc2nc(c1)OCCCCCCOc1cc(F)ccc1-c1cc(ncc1F)N2. The van der Waals surface area contributed by atoms with Crippen molar-refractivity contribution >= 4 is 21.4 Å². The minimum absolute atomic E-state index is 0.220. The summed E-state index contributed by atoms with van der Waals surface area (Å²) in [5.74, 6) is 0.646. The van der Waals surface area contributed by atoms with Crippen molar-refractivity contribution in [1.29, 1.82) is 0 Å². The van der Waals surface area contributed by atoms with Crippen LogP contribution < -0.4 is 14.8 Å². The van der Waals surface area contributed by atoms with Gasteiger partial charge in [0.15, 0.2) is 0 Å². The summed E-state index contributed by atoms with van der Waals surface area (Å²) in [7, 11) is -2.42. The maximum absolute atomic E-state index is 14.8. The van der Waals surface area contributed by atoms with E-state index in [0.29, 0.717) is 42.8 Å². The third-order valence-corrected chi connectivity index (χ3v) is 7.26. The standard InChI is InChI=1S/C26H30F2N4O3S/c1-3-30-36(2,33)17-18-12-25-31-24-15-21(22(28)16-29-24)20-9-8-19(27)14-23(20)34-10-6-4-5-7-11-35-26(13-18)32-25/h8-9,12-16H,3-7,10-11,17H2,1-2H3,(H,29,31,32). The highest BCUT2D eigenvalue weighted by atomic mass is 32.2. The molecule has 1 N–H and O–H groups in total. The molecule has 36 heavy (non-hydrogen) atoms. The van der Waals surface area contributed by atoms with Crippen molar-refractivity contribution in [3.63, 3.8) is 0 Å². The van der Waals surface area contributed by atoms with E-state index in [2.05, 4.69) is 19.6 Å². The second-order valence-corrected chi connectivity index (χ2v) is 11.1. The fourth-order valence-corrected chi connectivity index (χ4v) is 5.43. The fraction of sp³-hybridized carbons (Fsp3) is 0.385. The van der Waals surface area contributed by atoms with Crippen molar-refractivity contribution < 1.29 is 22.5 Å². The maximum Gasteiger partial charge on any atom is 0.215 e. The van der Waals surface area contributed by atoms with Crippen LogP contribution in [0.3, 0.4) is 0 Å². The van der Waals surface area contributed by atoms with E-state index in [0.717, 1.165) is 37.4 Å². The molecule has 3 aromatic rings. The van der Waals surface area contributed by atoms with Gasteiger partial charge in [-0.05, 0) is 62.4 Å².